The summed E-state index contributed by atoms with van der Waals surface area (Å²) in [7, 11) is 0. The molecule has 3 nitrogen and oxygen atoms in total. The van der Waals surface area contributed by atoms with Crippen molar-refractivity contribution in [2.24, 2.45) is 5.73 Å². The van der Waals surface area contributed by atoms with E-state index in [0.29, 0.717) is 0 Å². The number of carbonyl (C=O) groups is 1. The summed E-state index contributed by atoms with van der Waals surface area (Å²) in [5.74, 6) is -0.0151. The van der Waals surface area contributed by atoms with Crippen molar-refractivity contribution in [1.29, 1.82) is 0 Å². The van der Waals surface area contributed by atoms with Gasteiger partial charge in [0.2, 0.25) is 5.91 Å². The van der Waals surface area contributed by atoms with Gasteiger partial charge >= 0.3 is 0 Å². The van der Waals surface area contributed by atoms with E-state index in [1.54, 1.807) is 16.8 Å². The Hall–Kier alpha value is -1.87. The second-order valence-corrected chi connectivity index (χ2v) is 3.75. The zero-order valence-electron chi connectivity index (χ0n) is 9.18. The molecule has 0 radical (unpaired) electrons. The molecule has 1 heterocycles. The zero-order chi connectivity index (χ0) is 11.7. The molecular weight excluding hydrogens is 200 g/mol. The van der Waals surface area contributed by atoms with Gasteiger partial charge in [0.05, 0.1) is 5.52 Å². The van der Waals surface area contributed by atoms with Gasteiger partial charge < -0.3 is 5.73 Å². The lowest BCUT2D eigenvalue weighted by Gasteiger charge is -2.02. The van der Waals surface area contributed by atoms with Crippen LogP contribution in [-0.2, 0) is 0 Å². The first-order valence-corrected chi connectivity index (χ1v) is 5.14. The van der Waals surface area contributed by atoms with Gasteiger partial charge in [-0.15, -0.1) is 6.58 Å². The minimum absolute atomic E-state index is 0.0151. The molecule has 0 unspecified atom stereocenters. The van der Waals surface area contributed by atoms with Crippen LogP contribution in [0.4, 0.5) is 0 Å². The molecule has 16 heavy (non-hydrogen) atoms. The Kier molecular flexibility index (Phi) is 2.62. The summed E-state index contributed by atoms with van der Waals surface area (Å²) in [5, 5.41) is 1.00. The van der Waals surface area contributed by atoms with Gasteiger partial charge in [-0.05, 0) is 11.6 Å². The highest BCUT2D eigenvalue weighted by Crippen LogP contribution is 2.25. The lowest BCUT2D eigenvalue weighted by Crippen LogP contribution is -2.06. The second kappa shape index (κ2) is 3.94. The number of fused-ring (bicyclic) bond motifs is 1. The number of rotatable bonds is 2. The molecule has 0 saturated heterocycles. The SMILES string of the molecule is C=C[C@H](N)c1cn(C(C)=O)c2ccccc12. The first-order valence-electron chi connectivity index (χ1n) is 5.14. The van der Waals surface area contributed by atoms with Crippen LogP contribution in [0.15, 0.2) is 43.1 Å². The Morgan fingerprint density at radius 3 is 2.81 bits per heavy atom. The van der Waals surface area contributed by atoms with Crippen LogP contribution in [0.1, 0.15) is 23.3 Å². The average Bonchev–Trinajstić information content (AvgIpc) is 2.67. The van der Waals surface area contributed by atoms with Crippen molar-refractivity contribution >= 4 is 16.8 Å². The summed E-state index contributed by atoms with van der Waals surface area (Å²) < 4.78 is 1.62. The summed E-state index contributed by atoms with van der Waals surface area (Å²) in [4.78, 5) is 11.5. The number of hydrogen-bond acceptors (Lipinski definition) is 2. The molecule has 1 aromatic carbocycles. The smallest absolute Gasteiger partial charge is 0.227 e. The number of para-hydroxylation sites is 1. The number of carbonyl (C=O) groups excluding carboxylic acids is 1. The minimum atomic E-state index is -0.245. The van der Waals surface area contributed by atoms with E-state index < -0.39 is 0 Å². The predicted octanol–water partition coefficient (Wildman–Crippen LogP) is 2.49. The topological polar surface area (TPSA) is 48.0 Å². The summed E-state index contributed by atoms with van der Waals surface area (Å²) in [6, 6.07) is 7.48. The highest BCUT2D eigenvalue weighted by molar-refractivity contribution is 5.94. The Bertz CT molecular complexity index is 554. The van der Waals surface area contributed by atoms with Gasteiger partial charge in [0, 0.05) is 24.5 Å². The maximum Gasteiger partial charge on any atom is 0.227 e. The summed E-state index contributed by atoms with van der Waals surface area (Å²) in [5.41, 5.74) is 7.75. The van der Waals surface area contributed by atoms with Crippen molar-refractivity contribution < 1.29 is 4.79 Å². The fourth-order valence-corrected chi connectivity index (χ4v) is 1.86. The van der Waals surface area contributed by atoms with Crippen LogP contribution in [0.3, 0.4) is 0 Å². The van der Waals surface area contributed by atoms with Gasteiger partial charge in [-0.3, -0.25) is 9.36 Å². The number of aromatic nitrogens is 1. The summed E-state index contributed by atoms with van der Waals surface area (Å²) in [6.07, 6.45) is 3.46. The van der Waals surface area contributed by atoms with E-state index in [2.05, 4.69) is 6.58 Å². The van der Waals surface area contributed by atoms with E-state index in [-0.39, 0.29) is 11.9 Å². The van der Waals surface area contributed by atoms with Crippen LogP contribution in [-0.4, -0.2) is 10.5 Å². The third-order valence-electron chi connectivity index (χ3n) is 2.70. The molecule has 0 aliphatic carbocycles. The molecule has 0 aliphatic heterocycles. The standard InChI is InChI=1S/C13H14N2O/c1-3-12(14)11-8-15(9(2)16)13-7-5-4-6-10(11)13/h3-8,12H,1,14H2,2H3/t12-/m0/s1. The fourth-order valence-electron chi connectivity index (χ4n) is 1.86. The lowest BCUT2D eigenvalue weighted by molar-refractivity contribution is 0.0941. The van der Waals surface area contributed by atoms with Crippen molar-refractivity contribution in [3.63, 3.8) is 0 Å². The van der Waals surface area contributed by atoms with Crippen LogP contribution in [0.25, 0.3) is 10.9 Å². The minimum Gasteiger partial charge on any atom is -0.321 e. The highest BCUT2D eigenvalue weighted by Gasteiger charge is 2.13. The molecule has 2 aromatic rings. The average molecular weight is 214 g/mol. The third kappa shape index (κ3) is 1.55. The Labute approximate surface area is 94.2 Å². The first kappa shape index (κ1) is 10.6. The van der Waals surface area contributed by atoms with Crippen LogP contribution in [0.2, 0.25) is 0 Å². The highest BCUT2D eigenvalue weighted by atomic mass is 16.1. The van der Waals surface area contributed by atoms with Gasteiger partial charge in [0.25, 0.3) is 0 Å². The molecule has 0 aliphatic rings. The van der Waals surface area contributed by atoms with E-state index >= 15 is 0 Å². The van der Waals surface area contributed by atoms with E-state index in [1.165, 1.54) is 6.92 Å². The molecule has 82 valence electrons. The second-order valence-electron chi connectivity index (χ2n) is 3.75. The molecule has 2 N–H and O–H groups in total. The van der Waals surface area contributed by atoms with Gasteiger partial charge in [-0.25, -0.2) is 0 Å². The van der Waals surface area contributed by atoms with Crippen molar-refractivity contribution in [3.05, 3.63) is 48.7 Å². The van der Waals surface area contributed by atoms with E-state index in [9.17, 15) is 4.79 Å². The normalized spacial score (nSPS) is 12.6. The molecule has 2 rings (SSSR count). The molecule has 0 bridgehead atoms. The lowest BCUT2D eigenvalue weighted by atomic mass is 10.1. The molecular formula is C13H14N2O. The van der Waals surface area contributed by atoms with Crippen LogP contribution >= 0.6 is 0 Å². The van der Waals surface area contributed by atoms with E-state index in [0.717, 1.165) is 16.5 Å². The Balaban J connectivity index is 2.76. The molecule has 0 saturated carbocycles. The van der Waals surface area contributed by atoms with Gasteiger partial charge in [-0.1, -0.05) is 24.3 Å². The number of nitrogens with zero attached hydrogens (tertiary/aromatic N) is 1. The Morgan fingerprint density at radius 1 is 1.50 bits per heavy atom. The van der Waals surface area contributed by atoms with Crippen LogP contribution < -0.4 is 5.73 Å². The molecule has 3 heteroatoms. The molecule has 0 amide bonds. The van der Waals surface area contributed by atoms with Gasteiger partial charge in [-0.2, -0.15) is 0 Å². The fraction of sp³-hybridized carbons (Fsp3) is 0.154. The van der Waals surface area contributed by atoms with Gasteiger partial charge in [0.1, 0.15) is 0 Å². The van der Waals surface area contributed by atoms with Crippen LogP contribution in [0.5, 0.6) is 0 Å². The molecule has 0 fully saturated rings. The van der Waals surface area contributed by atoms with Crippen molar-refractivity contribution in [2.75, 3.05) is 0 Å². The van der Waals surface area contributed by atoms with Gasteiger partial charge in [0.15, 0.2) is 0 Å². The monoisotopic (exact) mass is 214 g/mol. The first-order chi connectivity index (χ1) is 7.65. The maximum atomic E-state index is 11.5. The Morgan fingerprint density at radius 2 is 2.19 bits per heavy atom. The number of hydrogen-bond donors (Lipinski definition) is 1. The zero-order valence-corrected chi connectivity index (χ0v) is 9.18. The summed E-state index contributed by atoms with van der Waals surface area (Å²) >= 11 is 0. The van der Waals surface area contributed by atoms with Crippen molar-refractivity contribution in [1.82, 2.24) is 4.57 Å². The largest absolute Gasteiger partial charge is 0.321 e. The van der Waals surface area contributed by atoms with Crippen molar-refractivity contribution in [3.8, 4) is 0 Å². The molecule has 1 aromatic heterocycles. The maximum absolute atomic E-state index is 11.5. The molecule has 1 atom stereocenters. The van der Waals surface area contributed by atoms with Crippen molar-refractivity contribution in [2.45, 2.75) is 13.0 Å². The number of nitrogens with two attached hydrogens (primary N) is 1. The predicted molar refractivity (Wildman–Crippen MR) is 65.4 cm³/mol. The third-order valence-corrected chi connectivity index (χ3v) is 2.70. The summed E-state index contributed by atoms with van der Waals surface area (Å²) in [6.45, 7) is 5.22. The quantitative estimate of drug-likeness (QED) is 0.781. The van der Waals surface area contributed by atoms with E-state index in [4.69, 9.17) is 5.73 Å². The molecule has 0 spiro atoms. The van der Waals surface area contributed by atoms with E-state index in [1.807, 2.05) is 24.3 Å². The number of benzene rings is 1. The van der Waals surface area contributed by atoms with Crippen LogP contribution in [0, 0.1) is 0 Å².